The van der Waals surface area contributed by atoms with E-state index in [0.717, 1.165) is 23.1 Å². The minimum Gasteiger partial charge on any atom is -0.393 e. The van der Waals surface area contributed by atoms with Gasteiger partial charge in [0.1, 0.15) is 0 Å². The van der Waals surface area contributed by atoms with Gasteiger partial charge >= 0.3 is 0 Å². The second-order valence-electron chi connectivity index (χ2n) is 3.27. The molecule has 0 spiro atoms. The van der Waals surface area contributed by atoms with E-state index in [1.165, 1.54) is 5.56 Å². The van der Waals surface area contributed by atoms with Crippen molar-refractivity contribution < 1.29 is 5.11 Å². The zero-order chi connectivity index (χ0) is 10.4. The maximum Gasteiger partial charge on any atom is 0.0588 e. The van der Waals surface area contributed by atoms with E-state index in [1.807, 2.05) is 18.2 Å². The Balaban J connectivity index is 2.43. The second-order valence-corrected chi connectivity index (χ2v) is 5.17. The summed E-state index contributed by atoms with van der Waals surface area (Å²) in [7, 11) is 0. The van der Waals surface area contributed by atoms with Crippen LogP contribution in [-0.4, -0.2) is 23.2 Å². The summed E-state index contributed by atoms with van der Waals surface area (Å²) in [6, 6.07) is 8.11. The average Bonchev–Trinajstić information content (AvgIpc) is 2.15. The lowest BCUT2D eigenvalue weighted by Crippen LogP contribution is -2.11. The summed E-state index contributed by atoms with van der Waals surface area (Å²) in [6.07, 6.45) is 3.47. The number of hydrogen-bond donors (Lipinski definition) is 1. The van der Waals surface area contributed by atoms with Crippen LogP contribution in [0.2, 0.25) is 0 Å². The summed E-state index contributed by atoms with van der Waals surface area (Å²) in [5.74, 6) is 1.02. The Morgan fingerprint density at radius 1 is 1.50 bits per heavy atom. The summed E-state index contributed by atoms with van der Waals surface area (Å²) < 4.78 is 1.08. The van der Waals surface area contributed by atoms with Crippen molar-refractivity contribution in [1.82, 2.24) is 0 Å². The predicted octanol–water partition coefficient (Wildman–Crippen LogP) is 3.11. The van der Waals surface area contributed by atoms with Gasteiger partial charge in [-0.2, -0.15) is 11.8 Å². The highest BCUT2D eigenvalue weighted by atomic mass is 79.9. The predicted molar refractivity (Wildman–Crippen MR) is 66.9 cm³/mol. The summed E-state index contributed by atoms with van der Waals surface area (Å²) in [5.41, 5.74) is 1.19. The summed E-state index contributed by atoms with van der Waals surface area (Å²) >= 11 is 5.19. The monoisotopic (exact) mass is 274 g/mol. The van der Waals surface area contributed by atoms with Crippen LogP contribution in [0, 0.1) is 0 Å². The van der Waals surface area contributed by atoms with Crippen LogP contribution < -0.4 is 0 Å². The minimum atomic E-state index is -0.211. The first-order chi connectivity index (χ1) is 6.72. The van der Waals surface area contributed by atoms with Crippen LogP contribution in [0.3, 0.4) is 0 Å². The molecule has 0 amide bonds. The van der Waals surface area contributed by atoms with Gasteiger partial charge in [-0.15, -0.1) is 0 Å². The SMILES string of the molecule is CSCCC(O)Cc1cccc(Br)c1. The number of aliphatic hydroxyl groups is 1. The molecule has 0 heterocycles. The third-order valence-electron chi connectivity index (χ3n) is 2.02. The molecular formula is C11H15BrOS. The van der Waals surface area contributed by atoms with Crippen LogP contribution in [0.5, 0.6) is 0 Å². The molecular weight excluding hydrogens is 260 g/mol. The Morgan fingerprint density at radius 3 is 2.93 bits per heavy atom. The summed E-state index contributed by atoms with van der Waals surface area (Å²) in [5, 5.41) is 9.70. The molecule has 0 aliphatic carbocycles. The van der Waals surface area contributed by atoms with Gasteiger partial charge in [0.15, 0.2) is 0 Å². The van der Waals surface area contributed by atoms with Crippen molar-refractivity contribution in [3.05, 3.63) is 34.3 Å². The smallest absolute Gasteiger partial charge is 0.0588 e. The van der Waals surface area contributed by atoms with Gasteiger partial charge in [-0.05, 0) is 42.5 Å². The molecule has 0 saturated carbocycles. The number of halogens is 1. The van der Waals surface area contributed by atoms with Crippen molar-refractivity contribution >= 4 is 27.7 Å². The highest BCUT2D eigenvalue weighted by Gasteiger charge is 2.04. The molecule has 0 radical (unpaired) electrons. The van der Waals surface area contributed by atoms with Crippen molar-refractivity contribution in [2.45, 2.75) is 18.9 Å². The molecule has 0 aliphatic rings. The van der Waals surface area contributed by atoms with Gasteiger partial charge < -0.3 is 5.11 Å². The second kappa shape index (κ2) is 6.49. The molecule has 1 atom stereocenters. The Kier molecular flexibility index (Phi) is 5.60. The van der Waals surface area contributed by atoms with Crippen molar-refractivity contribution in [1.29, 1.82) is 0 Å². The molecule has 1 unspecified atom stereocenters. The molecule has 14 heavy (non-hydrogen) atoms. The van der Waals surface area contributed by atoms with Crippen molar-refractivity contribution in [3.63, 3.8) is 0 Å². The molecule has 0 aliphatic heterocycles. The van der Waals surface area contributed by atoms with Gasteiger partial charge in [-0.3, -0.25) is 0 Å². The molecule has 78 valence electrons. The van der Waals surface area contributed by atoms with Crippen molar-refractivity contribution in [3.8, 4) is 0 Å². The number of benzene rings is 1. The van der Waals surface area contributed by atoms with E-state index >= 15 is 0 Å². The zero-order valence-electron chi connectivity index (χ0n) is 8.24. The molecule has 1 aromatic carbocycles. The van der Waals surface area contributed by atoms with Crippen LogP contribution in [-0.2, 0) is 6.42 Å². The van der Waals surface area contributed by atoms with E-state index in [0.29, 0.717) is 0 Å². The number of thioether (sulfide) groups is 1. The molecule has 1 nitrogen and oxygen atoms in total. The molecule has 1 aromatic rings. The van der Waals surface area contributed by atoms with E-state index in [1.54, 1.807) is 11.8 Å². The molecule has 1 N–H and O–H groups in total. The van der Waals surface area contributed by atoms with Gasteiger partial charge in [0.05, 0.1) is 6.10 Å². The molecule has 0 saturated heterocycles. The molecule has 3 heteroatoms. The van der Waals surface area contributed by atoms with Gasteiger partial charge in [0.25, 0.3) is 0 Å². The van der Waals surface area contributed by atoms with E-state index in [4.69, 9.17) is 0 Å². The fourth-order valence-electron chi connectivity index (χ4n) is 1.29. The van der Waals surface area contributed by atoms with Crippen molar-refractivity contribution in [2.75, 3.05) is 12.0 Å². The molecule has 0 bridgehead atoms. The van der Waals surface area contributed by atoms with Crippen LogP contribution in [0.25, 0.3) is 0 Å². The topological polar surface area (TPSA) is 20.2 Å². The van der Waals surface area contributed by atoms with Crippen LogP contribution in [0.1, 0.15) is 12.0 Å². The van der Waals surface area contributed by atoms with E-state index < -0.39 is 0 Å². The van der Waals surface area contributed by atoms with Gasteiger partial charge in [-0.1, -0.05) is 28.1 Å². The third-order valence-corrected chi connectivity index (χ3v) is 3.15. The van der Waals surface area contributed by atoms with Crippen LogP contribution >= 0.6 is 27.7 Å². The zero-order valence-corrected chi connectivity index (χ0v) is 10.6. The number of rotatable bonds is 5. The Hall–Kier alpha value is 0.01000. The Bertz CT molecular complexity index is 278. The Morgan fingerprint density at radius 2 is 2.29 bits per heavy atom. The van der Waals surface area contributed by atoms with E-state index in [-0.39, 0.29) is 6.10 Å². The highest BCUT2D eigenvalue weighted by Crippen LogP contribution is 2.14. The average molecular weight is 275 g/mol. The first-order valence-corrected chi connectivity index (χ1v) is 6.82. The quantitative estimate of drug-likeness (QED) is 0.891. The highest BCUT2D eigenvalue weighted by molar-refractivity contribution is 9.10. The van der Waals surface area contributed by atoms with E-state index in [2.05, 4.69) is 28.3 Å². The maximum absolute atomic E-state index is 9.70. The van der Waals surface area contributed by atoms with E-state index in [9.17, 15) is 5.11 Å². The maximum atomic E-state index is 9.70. The van der Waals surface area contributed by atoms with Crippen LogP contribution in [0.4, 0.5) is 0 Å². The van der Waals surface area contributed by atoms with Gasteiger partial charge in [0, 0.05) is 4.47 Å². The van der Waals surface area contributed by atoms with Crippen LogP contribution in [0.15, 0.2) is 28.7 Å². The molecule has 0 fully saturated rings. The van der Waals surface area contributed by atoms with Crippen molar-refractivity contribution in [2.24, 2.45) is 0 Å². The third kappa shape index (κ3) is 4.49. The number of aliphatic hydroxyl groups excluding tert-OH is 1. The Labute approximate surface area is 98.0 Å². The summed E-state index contributed by atoms with van der Waals surface area (Å²) in [4.78, 5) is 0. The standard InChI is InChI=1S/C11H15BrOS/c1-14-6-5-11(13)8-9-3-2-4-10(12)7-9/h2-4,7,11,13H,5-6,8H2,1H3. The summed E-state index contributed by atoms with van der Waals surface area (Å²) in [6.45, 7) is 0. The lowest BCUT2D eigenvalue weighted by Gasteiger charge is -2.09. The molecule has 1 rings (SSSR count). The first-order valence-electron chi connectivity index (χ1n) is 4.64. The number of hydrogen-bond acceptors (Lipinski definition) is 2. The normalized spacial score (nSPS) is 12.8. The van der Waals surface area contributed by atoms with Gasteiger partial charge in [-0.25, -0.2) is 0 Å². The lowest BCUT2D eigenvalue weighted by atomic mass is 10.1. The van der Waals surface area contributed by atoms with Gasteiger partial charge in [0.2, 0.25) is 0 Å². The fourth-order valence-corrected chi connectivity index (χ4v) is 2.25. The minimum absolute atomic E-state index is 0.211. The first kappa shape index (κ1) is 12.1. The molecule has 0 aromatic heterocycles. The lowest BCUT2D eigenvalue weighted by molar-refractivity contribution is 0.172. The largest absolute Gasteiger partial charge is 0.393 e. The fraction of sp³-hybridized carbons (Fsp3) is 0.455.